The highest BCUT2D eigenvalue weighted by Crippen LogP contribution is 2.34. The van der Waals surface area contributed by atoms with Gasteiger partial charge in [0.1, 0.15) is 0 Å². The summed E-state index contributed by atoms with van der Waals surface area (Å²) in [6.45, 7) is 11.8. The van der Waals surface area contributed by atoms with Gasteiger partial charge in [-0.25, -0.2) is 0 Å². The molecular formula is C14H29N. The van der Waals surface area contributed by atoms with Crippen LogP contribution in [0, 0.1) is 17.8 Å². The zero-order chi connectivity index (χ0) is 11.6. The number of hydrogen-bond donors (Lipinski definition) is 0. The van der Waals surface area contributed by atoms with E-state index in [1.165, 1.54) is 19.3 Å². The van der Waals surface area contributed by atoms with E-state index < -0.39 is 0 Å². The number of nitrogens with zero attached hydrogens (tertiary/aromatic N) is 1. The lowest BCUT2D eigenvalue weighted by atomic mass is 9.84. The van der Waals surface area contributed by atoms with Gasteiger partial charge in [-0.3, -0.25) is 4.90 Å². The Hall–Kier alpha value is -0.0400. The first-order valence-corrected chi connectivity index (χ1v) is 6.69. The molecule has 0 aromatic carbocycles. The van der Waals surface area contributed by atoms with Crippen molar-refractivity contribution in [2.45, 2.75) is 66.0 Å². The van der Waals surface area contributed by atoms with Crippen LogP contribution in [0.15, 0.2) is 0 Å². The molecule has 1 rings (SSSR count). The standard InChI is InChI=1S/C14H29N/c1-7-13(8-11(4)10(2)3)9-14-12(5)15(14)6/h10-14H,7-9H2,1-6H3. The van der Waals surface area contributed by atoms with Crippen LogP contribution in [-0.4, -0.2) is 24.0 Å². The molecule has 0 aromatic rings. The lowest BCUT2D eigenvalue weighted by Crippen LogP contribution is -2.13. The van der Waals surface area contributed by atoms with Gasteiger partial charge in [0.25, 0.3) is 0 Å². The Balaban J connectivity index is 2.30. The fourth-order valence-corrected chi connectivity index (χ4v) is 2.51. The van der Waals surface area contributed by atoms with Crippen molar-refractivity contribution in [2.24, 2.45) is 17.8 Å². The summed E-state index contributed by atoms with van der Waals surface area (Å²) in [6, 6.07) is 1.72. The summed E-state index contributed by atoms with van der Waals surface area (Å²) < 4.78 is 0. The van der Waals surface area contributed by atoms with Gasteiger partial charge in [0, 0.05) is 12.1 Å². The smallest absolute Gasteiger partial charge is 0.0251 e. The van der Waals surface area contributed by atoms with E-state index in [4.69, 9.17) is 0 Å². The molecule has 0 aliphatic carbocycles. The molecule has 0 radical (unpaired) electrons. The summed E-state index contributed by atoms with van der Waals surface area (Å²) >= 11 is 0. The van der Waals surface area contributed by atoms with E-state index in [1.807, 2.05) is 0 Å². The molecule has 15 heavy (non-hydrogen) atoms. The lowest BCUT2D eigenvalue weighted by Gasteiger charge is -2.22. The average molecular weight is 211 g/mol. The third kappa shape index (κ3) is 3.48. The van der Waals surface area contributed by atoms with E-state index in [9.17, 15) is 0 Å². The highest BCUT2D eigenvalue weighted by atomic mass is 15.3. The van der Waals surface area contributed by atoms with Crippen LogP contribution in [0.1, 0.15) is 53.9 Å². The summed E-state index contributed by atoms with van der Waals surface area (Å²) in [5.41, 5.74) is 0. The van der Waals surface area contributed by atoms with E-state index >= 15 is 0 Å². The third-order valence-electron chi connectivity index (χ3n) is 4.63. The quantitative estimate of drug-likeness (QED) is 0.604. The molecule has 0 amide bonds. The Bertz CT molecular complexity index is 169. The van der Waals surface area contributed by atoms with Crippen molar-refractivity contribution in [2.75, 3.05) is 7.05 Å². The van der Waals surface area contributed by atoms with Gasteiger partial charge in [0.2, 0.25) is 0 Å². The minimum absolute atomic E-state index is 0.841. The SMILES string of the molecule is CCC(CC(C)C(C)C)CC1C(C)N1C. The van der Waals surface area contributed by atoms with Crippen molar-refractivity contribution in [3.63, 3.8) is 0 Å². The molecule has 0 spiro atoms. The Morgan fingerprint density at radius 3 is 2.07 bits per heavy atom. The first-order valence-electron chi connectivity index (χ1n) is 6.69. The van der Waals surface area contributed by atoms with Crippen molar-refractivity contribution in [3.05, 3.63) is 0 Å². The van der Waals surface area contributed by atoms with Crippen LogP contribution in [0.25, 0.3) is 0 Å². The van der Waals surface area contributed by atoms with Crippen molar-refractivity contribution in [3.8, 4) is 0 Å². The van der Waals surface area contributed by atoms with Gasteiger partial charge in [0.05, 0.1) is 0 Å². The van der Waals surface area contributed by atoms with Crippen molar-refractivity contribution in [1.29, 1.82) is 0 Å². The fraction of sp³-hybridized carbons (Fsp3) is 1.00. The van der Waals surface area contributed by atoms with Crippen molar-refractivity contribution >= 4 is 0 Å². The zero-order valence-corrected chi connectivity index (χ0v) is 11.5. The Kier molecular flexibility index (Phi) is 4.64. The van der Waals surface area contributed by atoms with Crippen LogP contribution in [0.5, 0.6) is 0 Å². The average Bonchev–Trinajstić information content (AvgIpc) is 2.74. The van der Waals surface area contributed by atoms with E-state index in [1.54, 1.807) is 0 Å². The number of rotatable bonds is 6. The highest BCUT2D eigenvalue weighted by molar-refractivity contribution is 4.97. The molecule has 0 saturated carbocycles. The highest BCUT2D eigenvalue weighted by Gasteiger charge is 2.40. The Labute approximate surface area is 96.2 Å². The first kappa shape index (κ1) is 13.0. The van der Waals surface area contributed by atoms with Gasteiger partial charge in [-0.2, -0.15) is 0 Å². The third-order valence-corrected chi connectivity index (χ3v) is 4.63. The maximum atomic E-state index is 2.50. The summed E-state index contributed by atoms with van der Waals surface area (Å²) in [7, 11) is 2.26. The maximum absolute atomic E-state index is 2.50. The molecule has 1 aliphatic rings. The molecule has 1 fully saturated rings. The summed E-state index contributed by atoms with van der Waals surface area (Å²) in [5, 5.41) is 0. The van der Waals surface area contributed by atoms with Crippen LogP contribution in [0.3, 0.4) is 0 Å². The van der Waals surface area contributed by atoms with E-state index in [0.29, 0.717) is 0 Å². The Morgan fingerprint density at radius 2 is 1.73 bits per heavy atom. The second kappa shape index (κ2) is 5.34. The van der Waals surface area contributed by atoms with E-state index in [2.05, 4.69) is 46.6 Å². The van der Waals surface area contributed by atoms with Crippen LogP contribution >= 0.6 is 0 Å². The molecule has 1 heterocycles. The molecule has 0 N–H and O–H groups in total. The van der Waals surface area contributed by atoms with E-state index in [0.717, 1.165) is 29.8 Å². The molecule has 0 aromatic heterocycles. The molecule has 1 aliphatic heterocycles. The normalized spacial score (nSPS) is 34.2. The van der Waals surface area contributed by atoms with Gasteiger partial charge in [-0.15, -0.1) is 0 Å². The maximum Gasteiger partial charge on any atom is 0.0251 e. The predicted molar refractivity (Wildman–Crippen MR) is 68.0 cm³/mol. The predicted octanol–water partition coefficient (Wildman–Crippen LogP) is 3.79. The van der Waals surface area contributed by atoms with Gasteiger partial charge in [0.15, 0.2) is 0 Å². The minimum Gasteiger partial charge on any atom is -0.298 e. The van der Waals surface area contributed by atoms with Crippen LogP contribution in [0.2, 0.25) is 0 Å². The molecule has 1 heteroatoms. The van der Waals surface area contributed by atoms with Crippen LogP contribution in [-0.2, 0) is 0 Å². The number of hydrogen-bond acceptors (Lipinski definition) is 1. The molecule has 1 nitrogen and oxygen atoms in total. The van der Waals surface area contributed by atoms with Crippen molar-refractivity contribution in [1.82, 2.24) is 4.90 Å². The molecule has 90 valence electrons. The Morgan fingerprint density at radius 1 is 1.20 bits per heavy atom. The second-order valence-electron chi connectivity index (χ2n) is 5.94. The fourth-order valence-electron chi connectivity index (χ4n) is 2.51. The first-order chi connectivity index (χ1) is 6.97. The van der Waals surface area contributed by atoms with Crippen LogP contribution in [0.4, 0.5) is 0 Å². The van der Waals surface area contributed by atoms with Crippen LogP contribution < -0.4 is 0 Å². The molecule has 1 saturated heterocycles. The molecule has 0 bridgehead atoms. The lowest BCUT2D eigenvalue weighted by molar-refractivity contribution is 0.294. The number of likely N-dealkylation sites (N-methyl/N-ethyl adjacent to an activating group) is 1. The summed E-state index contributed by atoms with van der Waals surface area (Å²) in [4.78, 5) is 2.50. The van der Waals surface area contributed by atoms with Gasteiger partial charge in [-0.05, 0) is 44.6 Å². The van der Waals surface area contributed by atoms with Gasteiger partial charge in [-0.1, -0.05) is 34.1 Å². The monoisotopic (exact) mass is 211 g/mol. The molecule has 5 unspecified atom stereocenters. The molecular weight excluding hydrogens is 182 g/mol. The summed E-state index contributed by atoms with van der Waals surface area (Å²) in [5.74, 6) is 2.67. The second-order valence-corrected chi connectivity index (χ2v) is 5.94. The summed E-state index contributed by atoms with van der Waals surface area (Å²) in [6.07, 6.45) is 4.20. The van der Waals surface area contributed by atoms with Crippen molar-refractivity contribution < 1.29 is 0 Å². The zero-order valence-electron chi connectivity index (χ0n) is 11.5. The van der Waals surface area contributed by atoms with Gasteiger partial charge < -0.3 is 0 Å². The van der Waals surface area contributed by atoms with E-state index in [-0.39, 0.29) is 0 Å². The minimum atomic E-state index is 0.841. The topological polar surface area (TPSA) is 3.01 Å². The van der Waals surface area contributed by atoms with Gasteiger partial charge >= 0.3 is 0 Å². The largest absolute Gasteiger partial charge is 0.298 e. The molecule has 5 atom stereocenters.